The molecule has 8 heteroatoms. The van der Waals surface area contributed by atoms with Crippen LogP contribution in [0.25, 0.3) is 0 Å². The smallest absolute Gasteiger partial charge is 0.209 e. The molecule has 234 valence electrons. The molecule has 0 saturated carbocycles. The van der Waals surface area contributed by atoms with Crippen LogP contribution in [0.4, 0.5) is 0 Å². The fourth-order valence-corrected chi connectivity index (χ4v) is 8.63. The van der Waals surface area contributed by atoms with Crippen molar-refractivity contribution in [2.24, 2.45) is 34.5 Å². The lowest BCUT2D eigenvalue weighted by atomic mass is 9.44. The Hall–Kier alpha value is -3.26. The fourth-order valence-electron chi connectivity index (χ4n) is 8.63. The predicted octanol–water partition coefficient (Wildman–Crippen LogP) is 5.87. The molecular formula is C35H46O8. The number of phenolic OH excluding ortho intramolecular Hbond substituents is 1. The number of carbonyl (C=O) groups is 4. The number of phenols is 1. The zero-order valence-electron chi connectivity index (χ0n) is 26.8. The third-order valence-corrected chi connectivity index (χ3v) is 10.2. The summed E-state index contributed by atoms with van der Waals surface area (Å²) in [5.74, 6) is -5.43. The first kappa shape index (κ1) is 32.6. The Labute approximate surface area is 253 Å². The van der Waals surface area contributed by atoms with Crippen molar-refractivity contribution >= 4 is 23.6 Å². The molecular weight excluding hydrogens is 548 g/mol. The first-order valence-corrected chi connectivity index (χ1v) is 15.3. The molecule has 1 aromatic rings. The van der Waals surface area contributed by atoms with Gasteiger partial charge in [-0.3, -0.25) is 14.4 Å². The van der Waals surface area contributed by atoms with E-state index in [0.29, 0.717) is 17.5 Å². The molecule has 43 heavy (non-hydrogen) atoms. The van der Waals surface area contributed by atoms with Gasteiger partial charge in [-0.15, -0.1) is 0 Å². The van der Waals surface area contributed by atoms with Crippen LogP contribution in [0.5, 0.6) is 5.75 Å². The summed E-state index contributed by atoms with van der Waals surface area (Å²) in [6, 6.07) is 1.87. The number of benzene rings is 1. The Kier molecular flexibility index (Phi) is 8.14. The summed E-state index contributed by atoms with van der Waals surface area (Å²) in [4.78, 5) is 52.8. The lowest BCUT2D eigenvalue weighted by molar-refractivity contribution is -0.171. The van der Waals surface area contributed by atoms with Gasteiger partial charge in [-0.1, -0.05) is 61.5 Å². The number of carbonyl (C=O) groups excluding carboxylic acids is 4. The maximum atomic E-state index is 14.5. The largest absolute Gasteiger partial charge is 0.511 e. The molecule has 8 nitrogen and oxygen atoms in total. The van der Waals surface area contributed by atoms with E-state index in [4.69, 9.17) is 0 Å². The van der Waals surface area contributed by atoms with Crippen molar-refractivity contribution in [3.05, 3.63) is 51.0 Å². The molecule has 1 aromatic carbocycles. The molecule has 0 radical (unpaired) electrons. The van der Waals surface area contributed by atoms with Gasteiger partial charge in [0.25, 0.3) is 0 Å². The number of hydrogen-bond acceptors (Lipinski definition) is 8. The minimum Gasteiger partial charge on any atom is -0.511 e. The first-order valence-electron chi connectivity index (χ1n) is 15.3. The van der Waals surface area contributed by atoms with E-state index in [-0.39, 0.29) is 59.8 Å². The molecule has 0 fully saturated rings. The highest BCUT2D eigenvalue weighted by molar-refractivity contribution is 6.25. The van der Waals surface area contributed by atoms with Crippen molar-refractivity contribution in [3.63, 3.8) is 0 Å². The van der Waals surface area contributed by atoms with Crippen LogP contribution in [0.3, 0.4) is 0 Å². The molecule has 3 aliphatic rings. The zero-order valence-corrected chi connectivity index (χ0v) is 26.8. The monoisotopic (exact) mass is 594 g/mol. The second-order valence-electron chi connectivity index (χ2n) is 14.7. The number of fused-ring (bicyclic) bond motifs is 3. The van der Waals surface area contributed by atoms with E-state index in [1.807, 2.05) is 47.6 Å². The third-order valence-electron chi connectivity index (χ3n) is 10.2. The number of hydrogen-bond donors (Lipinski definition) is 4. The number of aliphatic hydroxyl groups is 3. The molecule has 0 heterocycles. The first-order chi connectivity index (χ1) is 19.8. The van der Waals surface area contributed by atoms with Crippen molar-refractivity contribution in [2.45, 2.75) is 99.5 Å². The summed E-state index contributed by atoms with van der Waals surface area (Å²) in [5, 5.41) is 47.0. The van der Waals surface area contributed by atoms with E-state index in [0.717, 1.165) is 18.8 Å². The van der Waals surface area contributed by atoms with Crippen molar-refractivity contribution < 1.29 is 39.6 Å². The number of rotatable bonds is 8. The van der Waals surface area contributed by atoms with Crippen molar-refractivity contribution in [2.75, 3.05) is 0 Å². The highest BCUT2D eigenvalue weighted by Gasteiger charge is 2.71. The van der Waals surface area contributed by atoms with Crippen LogP contribution in [0.15, 0.2) is 28.7 Å². The van der Waals surface area contributed by atoms with E-state index in [1.165, 1.54) is 0 Å². The second kappa shape index (κ2) is 10.7. The molecule has 2 unspecified atom stereocenters. The average Bonchev–Trinajstić information content (AvgIpc) is 2.86. The van der Waals surface area contributed by atoms with Gasteiger partial charge in [0.05, 0.1) is 5.56 Å². The quantitative estimate of drug-likeness (QED) is 0.216. The standard InChI is InChI=1S/C35H46O8/c1-16(2)10-20(14-36)11-21-12-22(17(3)4)23-13-33(8)15-34(9)26(18(5)6)29(39)24(19(7)37)31(41)35(34,43)32(42)27(33)30(40)25(23)28(21)38/h12,14,16-18,20,26,38-39,42-43H,10-11,13,15H2,1-9H3/t20?,26?,33-,34-,35+/m1/s1. The summed E-state index contributed by atoms with van der Waals surface area (Å²) in [6.07, 6.45) is 1.99. The summed E-state index contributed by atoms with van der Waals surface area (Å²) >= 11 is 0. The van der Waals surface area contributed by atoms with E-state index in [9.17, 15) is 39.6 Å². The SMILES string of the molecule is CC(=O)C1=C(O)C(C(C)C)[C@@]2(C)C[C@@]3(C)Cc4c(C(C)C)cc(CC(C=O)CC(C)C)c(O)c4C(=O)C3=C(O)[C@@]2(O)C1=O. The highest BCUT2D eigenvalue weighted by atomic mass is 16.3. The number of allylic oxidation sites excluding steroid dienone is 2. The van der Waals surface area contributed by atoms with Crippen molar-refractivity contribution in [3.8, 4) is 5.75 Å². The number of ketones is 3. The number of aromatic hydroxyl groups is 1. The Morgan fingerprint density at radius 2 is 1.67 bits per heavy atom. The maximum absolute atomic E-state index is 14.5. The minimum atomic E-state index is -2.65. The van der Waals surface area contributed by atoms with E-state index >= 15 is 0 Å². The zero-order chi connectivity index (χ0) is 32.6. The molecule has 0 bridgehead atoms. The molecule has 0 aliphatic heterocycles. The molecule has 4 rings (SSSR count). The van der Waals surface area contributed by atoms with Gasteiger partial charge in [0.15, 0.2) is 17.2 Å². The summed E-state index contributed by atoms with van der Waals surface area (Å²) in [6.45, 7) is 16.1. The number of Topliss-reactive ketones (excluding diaryl/α,β-unsaturated/α-hetero) is 3. The number of aliphatic hydroxyl groups excluding tert-OH is 2. The van der Waals surface area contributed by atoms with Gasteiger partial charge in [0, 0.05) is 28.2 Å². The predicted molar refractivity (Wildman–Crippen MR) is 162 cm³/mol. The van der Waals surface area contributed by atoms with Crippen LogP contribution in [0.1, 0.15) is 108 Å². The number of aldehydes is 1. The van der Waals surface area contributed by atoms with Crippen molar-refractivity contribution in [1.29, 1.82) is 0 Å². The van der Waals surface area contributed by atoms with Gasteiger partial charge >= 0.3 is 0 Å². The Morgan fingerprint density at radius 3 is 2.16 bits per heavy atom. The average molecular weight is 595 g/mol. The summed E-state index contributed by atoms with van der Waals surface area (Å²) in [5.41, 5.74) is -3.98. The van der Waals surface area contributed by atoms with Crippen LogP contribution in [-0.2, 0) is 27.2 Å². The van der Waals surface area contributed by atoms with Gasteiger partial charge in [0.2, 0.25) is 5.78 Å². The molecule has 0 saturated heterocycles. The normalized spacial score (nSPS) is 29.7. The van der Waals surface area contributed by atoms with Crippen molar-refractivity contribution in [1.82, 2.24) is 0 Å². The Morgan fingerprint density at radius 1 is 1.07 bits per heavy atom. The van der Waals surface area contributed by atoms with Gasteiger partial charge < -0.3 is 25.2 Å². The van der Waals surface area contributed by atoms with Crippen LogP contribution < -0.4 is 0 Å². The molecule has 0 spiro atoms. The van der Waals surface area contributed by atoms with Gasteiger partial charge in [-0.2, -0.15) is 0 Å². The molecule has 0 aromatic heterocycles. The van der Waals surface area contributed by atoms with Gasteiger partial charge in [-0.25, -0.2) is 0 Å². The molecule has 3 aliphatic carbocycles. The second-order valence-corrected chi connectivity index (χ2v) is 14.7. The van der Waals surface area contributed by atoms with Crippen LogP contribution in [-0.4, -0.2) is 49.7 Å². The van der Waals surface area contributed by atoms with E-state index < -0.39 is 56.8 Å². The minimum absolute atomic E-state index is 0.00970. The Balaban J connectivity index is 2.02. The summed E-state index contributed by atoms with van der Waals surface area (Å²) in [7, 11) is 0. The fraction of sp³-hybridized carbons (Fsp3) is 0.600. The Bertz CT molecular complexity index is 1480. The lowest BCUT2D eigenvalue weighted by Gasteiger charge is -2.59. The summed E-state index contributed by atoms with van der Waals surface area (Å²) < 4.78 is 0. The van der Waals surface area contributed by atoms with E-state index in [1.54, 1.807) is 13.8 Å². The van der Waals surface area contributed by atoms with Gasteiger partial charge in [0.1, 0.15) is 29.1 Å². The highest BCUT2D eigenvalue weighted by Crippen LogP contribution is 2.65. The maximum Gasteiger partial charge on any atom is 0.209 e. The van der Waals surface area contributed by atoms with E-state index in [2.05, 4.69) is 0 Å². The van der Waals surface area contributed by atoms with Crippen LogP contribution in [0.2, 0.25) is 0 Å². The van der Waals surface area contributed by atoms with Gasteiger partial charge in [-0.05, 0) is 67.1 Å². The topological polar surface area (TPSA) is 149 Å². The molecule has 5 atom stereocenters. The van der Waals surface area contributed by atoms with Crippen LogP contribution in [0, 0.1) is 34.5 Å². The molecule has 4 N–H and O–H groups in total. The lowest BCUT2D eigenvalue weighted by Crippen LogP contribution is -2.67. The third kappa shape index (κ3) is 4.59. The molecule has 0 amide bonds. The van der Waals surface area contributed by atoms with Crippen LogP contribution >= 0.6 is 0 Å².